The van der Waals surface area contributed by atoms with E-state index in [1.54, 1.807) is 0 Å². The Kier molecular flexibility index (Phi) is 5.36. The fourth-order valence-corrected chi connectivity index (χ4v) is 1.99. The van der Waals surface area contributed by atoms with Gasteiger partial charge in [-0.2, -0.15) is 4.98 Å². The zero-order valence-corrected chi connectivity index (χ0v) is 11.2. The third-order valence-corrected chi connectivity index (χ3v) is 2.90. The summed E-state index contributed by atoms with van der Waals surface area (Å²) in [5.41, 5.74) is 5.92. The Morgan fingerprint density at radius 3 is 2.88 bits per heavy atom. The first-order chi connectivity index (χ1) is 7.65. The molecule has 5 nitrogen and oxygen atoms in total. The molecule has 1 saturated heterocycles. The first-order valence-corrected chi connectivity index (χ1v) is 5.95. The molecular weight excluding hydrogens is 240 g/mol. The van der Waals surface area contributed by atoms with E-state index in [1.807, 2.05) is 0 Å². The van der Waals surface area contributed by atoms with Crippen molar-refractivity contribution in [2.24, 2.45) is 5.73 Å². The first-order valence-electron chi connectivity index (χ1n) is 5.95. The van der Waals surface area contributed by atoms with E-state index in [9.17, 15) is 0 Å². The molecule has 1 aromatic rings. The van der Waals surface area contributed by atoms with Crippen LogP contribution in [0.15, 0.2) is 4.52 Å². The van der Waals surface area contributed by atoms with Gasteiger partial charge in [-0.05, 0) is 19.4 Å². The summed E-state index contributed by atoms with van der Waals surface area (Å²) in [6.45, 7) is 6.86. The van der Waals surface area contributed by atoms with Crippen LogP contribution in [0, 0.1) is 0 Å². The minimum atomic E-state index is 0. The highest BCUT2D eigenvalue weighted by molar-refractivity contribution is 5.85. The second-order valence-corrected chi connectivity index (χ2v) is 4.84. The molecule has 1 aliphatic rings. The molecule has 2 heterocycles. The summed E-state index contributed by atoms with van der Waals surface area (Å²) in [5, 5.41) is 3.96. The summed E-state index contributed by atoms with van der Waals surface area (Å²) in [5.74, 6) is 1.82. The van der Waals surface area contributed by atoms with Gasteiger partial charge in [0, 0.05) is 18.5 Å². The van der Waals surface area contributed by atoms with Crippen LogP contribution in [0.2, 0.25) is 0 Å². The molecule has 98 valence electrons. The predicted octanol–water partition coefficient (Wildman–Crippen LogP) is 1.54. The molecule has 0 unspecified atom stereocenters. The molecule has 1 atom stereocenters. The minimum absolute atomic E-state index is 0. The SMILES string of the molecule is CC(C)c1noc(CN2CCC[C@@H](N)C2)n1.Cl. The van der Waals surface area contributed by atoms with Crippen molar-refractivity contribution >= 4 is 12.4 Å². The van der Waals surface area contributed by atoms with Gasteiger partial charge in [-0.25, -0.2) is 0 Å². The topological polar surface area (TPSA) is 68.2 Å². The molecule has 0 saturated carbocycles. The van der Waals surface area contributed by atoms with Crippen molar-refractivity contribution in [2.45, 2.75) is 45.2 Å². The van der Waals surface area contributed by atoms with Gasteiger partial charge in [-0.1, -0.05) is 19.0 Å². The van der Waals surface area contributed by atoms with Crippen molar-refractivity contribution in [1.82, 2.24) is 15.0 Å². The van der Waals surface area contributed by atoms with E-state index < -0.39 is 0 Å². The van der Waals surface area contributed by atoms with Crippen LogP contribution in [0.1, 0.15) is 44.3 Å². The van der Waals surface area contributed by atoms with Crippen molar-refractivity contribution in [2.75, 3.05) is 13.1 Å². The standard InChI is InChI=1S/C11H20N4O.ClH/c1-8(2)11-13-10(16-14-11)7-15-5-3-4-9(12)6-15;/h8-9H,3-7,12H2,1-2H3;1H/t9-;/m1./s1. The maximum atomic E-state index is 5.92. The summed E-state index contributed by atoms with van der Waals surface area (Å²) < 4.78 is 5.22. The van der Waals surface area contributed by atoms with Crippen LogP contribution in [-0.2, 0) is 6.54 Å². The molecule has 2 N–H and O–H groups in total. The van der Waals surface area contributed by atoms with Crippen molar-refractivity contribution in [1.29, 1.82) is 0 Å². The second-order valence-electron chi connectivity index (χ2n) is 4.84. The highest BCUT2D eigenvalue weighted by Gasteiger charge is 2.19. The Balaban J connectivity index is 0.00000144. The number of nitrogens with zero attached hydrogens (tertiary/aromatic N) is 3. The van der Waals surface area contributed by atoms with Gasteiger partial charge in [0.2, 0.25) is 5.89 Å². The van der Waals surface area contributed by atoms with Crippen LogP contribution in [0.3, 0.4) is 0 Å². The summed E-state index contributed by atoms with van der Waals surface area (Å²) in [6, 6.07) is 0.293. The molecule has 0 aromatic carbocycles. The molecule has 6 heteroatoms. The van der Waals surface area contributed by atoms with Crippen LogP contribution < -0.4 is 5.73 Å². The third kappa shape index (κ3) is 3.94. The number of hydrogen-bond donors (Lipinski definition) is 1. The van der Waals surface area contributed by atoms with Crippen molar-refractivity contribution in [3.8, 4) is 0 Å². The van der Waals surface area contributed by atoms with Crippen molar-refractivity contribution in [3.05, 3.63) is 11.7 Å². The summed E-state index contributed by atoms with van der Waals surface area (Å²) in [6.07, 6.45) is 2.28. The Labute approximate surface area is 108 Å². The molecule has 1 aliphatic heterocycles. The molecule has 0 amide bonds. The molecule has 0 spiro atoms. The van der Waals surface area contributed by atoms with E-state index in [0.717, 1.165) is 38.3 Å². The van der Waals surface area contributed by atoms with Gasteiger partial charge in [0.25, 0.3) is 0 Å². The monoisotopic (exact) mass is 260 g/mol. The summed E-state index contributed by atoms with van der Waals surface area (Å²) >= 11 is 0. The van der Waals surface area contributed by atoms with E-state index in [2.05, 4.69) is 28.9 Å². The average molecular weight is 261 g/mol. The van der Waals surface area contributed by atoms with Crippen LogP contribution >= 0.6 is 12.4 Å². The lowest BCUT2D eigenvalue weighted by Gasteiger charge is -2.29. The first kappa shape index (κ1) is 14.4. The van der Waals surface area contributed by atoms with Crippen LogP contribution in [0.25, 0.3) is 0 Å². The van der Waals surface area contributed by atoms with Gasteiger partial charge in [0.05, 0.1) is 6.54 Å². The van der Waals surface area contributed by atoms with Gasteiger partial charge < -0.3 is 10.3 Å². The van der Waals surface area contributed by atoms with Crippen molar-refractivity contribution < 1.29 is 4.52 Å². The highest BCUT2D eigenvalue weighted by atomic mass is 35.5. The van der Waals surface area contributed by atoms with E-state index in [1.165, 1.54) is 0 Å². The quantitative estimate of drug-likeness (QED) is 0.893. The largest absolute Gasteiger partial charge is 0.338 e. The number of hydrogen-bond acceptors (Lipinski definition) is 5. The Hall–Kier alpha value is -0.650. The number of likely N-dealkylation sites (tertiary alicyclic amines) is 1. The maximum absolute atomic E-state index is 5.92. The highest BCUT2D eigenvalue weighted by Crippen LogP contribution is 2.14. The average Bonchev–Trinajstić information content (AvgIpc) is 2.66. The maximum Gasteiger partial charge on any atom is 0.240 e. The van der Waals surface area contributed by atoms with Gasteiger partial charge in [0.15, 0.2) is 5.82 Å². The lowest BCUT2D eigenvalue weighted by atomic mass is 10.1. The third-order valence-electron chi connectivity index (χ3n) is 2.90. The number of aromatic nitrogens is 2. The second kappa shape index (κ2) is 6.33. The van der Waals surface area contributed by atoms with E-state index in [-0.39, 0.29) is 12.4 Å². The number of piperidine rings is 1. The Morgan fingerprint density at radius 1 is 1.53 bits per heavy atom. The van der Waals surface area contributed by atoms with Gasteiger partial charge >= 0.3 is 0 Å². The number of rotatable bonds is 3. The minimum Gasteiger partial charge on any atom is -0.338 e. The van der Waals surface area contributed by atoms with Gasteiger partial charge in [-0.15, -0.1) is 12.4 Å². The number of halogens is 1. The summed E-state index contributed by atoms with van der Waals surface area (Å²) in [4.78, 5) is 6.65. The van der Waals surface area contributed by atoms with Crippen molar-refractivity contribution in [3.63, 3.8) is 0 Å². The number of nitrogens with two attached hydrogens (primary N) is 1. The zero-order chi connectivity index (χ0) is 11.5. The molecule has 0 radical (unpaired) electrons. The van der Waals surface area contributed by atoms with E-state index in [4.69, 9.17) is 10.3 Å². The summed E-state index contributed by atoms with van der Waals surface area (Å²) in [7, 11) is 0. The lowest BCUT2D eigenvalue weighted by molar-refractivity contribution is 0.178. The van der Waals surface area contributed by atoms with E-state index in [0.29, 0.717) is 17.9 Å². The molecule has 17 heavy (non-hydrogen) atoms. The molecular formula is C11H21ClN4O. The lowest BCUT2D eigenvalue weighted by Crippen LogP contribution is -2.42. The zero-order valence-electron chi connectivity index (χ0n) is 10.4. The van der Waals surface area contributed by atoms with Crippen LogP contribution in [0.4, 0.5) is 0 Å². The molecule has 1 aromatic heterocycles. The molecule has 0 aliphatic carbocycles. The normalized spacial score (nSPS) is 21.5. The van der Waals surface area contributed by atoms with E-state index >= 15 is 0 Å². The predicted molar refractivity (Wildman–Crippen MR) is 68.1 cm³/mol. The molecule has 2 rings (SSSR count). The smallest absolute Gasteiger partial charge is 0.240 e. The van der Waals surface area contributed by atoms with Gasteiger partial charge in [-0.3, -0.25) is 4.90 Å². The fraction of sp³-hybridized carbons (Fsp3) is 0.818. The fourth-order valence-electron chi connectivity index (χ4n) is 1.99. The Morgan fingerprint density at radius 2 is 2.29 bits per heavy atom. The molecule has 1 fully saturated rings. The van der Waals surface area contributed by atoms with Crippen LogP contribution in [0.5, 0.6) is 0 Å². The molecule has 0 bridgehead atoms. The Bertz CT molecular complexity index is 342. The van der Waals surface area contributed by atoms with Gasteiger partial charge in [0.1, 0.15) is 0 Å². The van der Waals surface area contributed by atoms with Crippen LogP contribution in [-0.4, -0.2) is 34.2 Å².